The maximum Gasteiger partial charge on any atom is 0.237 e. The Morgan fingerprint density at radius 2 is 2.00 bits per heavy atom. The van der Waals surface area contributed by atoms with Crippen molar-refractivity contribution < 1.29 is 9.53 Å². The average molecular weight is 345 g/mol. The Labute approximate surface area is 151 Å². The Morgan fingerprint density at radius 3 is 2.68 bits per heavy atom. The fourth-order valence-electron chi connectivity index (χ4n) is 3.63. The van der Waals surface area contributed by atoms with E-state index in [9.17, 15) is 4.79 Å². The fraction of sp³-hybridized carbons (Fsp3) is 0.650. The van der Waals surface area contributed by atoms with Crippen molar-refractivity contribution in [3.63, 3.8) is 0 Å². The highest BCUT2D eigenvalue weighted by Crippen LogP contribution is 2.20. The van der Waals surface area contributed by atoms with E-state index in [1.807, 2.05) is 17.0 Å². The van der Waals surface area contributed by atoms with Crippen LogP contribution in [0.3, 0.4) is 0 Å². The third-order valence-corrected chi connectivity index (χ3v) is 5.51. The highest BCUT2D eigenvalue weighted by atomic mass is 16.5. The third-order valence-electron chi connectivity index (χ3n) is 5.51. The van der Waals surface area contributed by atoms with Crippen LogP contribution in [0.5, 0.6) is 5.75 Å². The number of nitrogens with zero attached hydrogens (tertiary/aromatic N) is 3. The van der Waals surface area contributed by atoms with Gasteiger partial charge in [-0.05, 0) is 64.1 Å². The van der Waals surface area contributed by atoms with Crippen LogP contribution in [0.4, 0.5) is 0 Å². The Kier molecular flexibility index (Phi) is 5.97. The smallest absolute Gasteiger partial charge is 0.237 e. The van der Waals surface area contributed by atoms with Gasteiger partial charge in [0.05, 0.1) is 19.6 Å². The number of piperidine rings is 1. The average Bonchev–Trinajstić information content (AvgIpc) is 2.58. The van der Waals surface area contributed by atoms with E-state index in [1.165, 1.54) is 5.56 Å². The lowest BCUT2D eigenvalue weighted by atomic mass is 10.0. The predicted octanol–water partition coefficient (Wildman–Crippen LogP) is 1.86. The van der Waals surface area contributed by atoms with Gasteiger partial charge < -0.3 is 14.5 Å². The van der Waals surface area contributed by atoms with Crippen molar-refractivity contribution in [1.82, 2.24) is 14.7 Å². The molecule has 0 unspecified atom stereocenters. The van der Waals surface area contributed by atoms with Gasteiger partial charge >= 0.3 is 0 Å². The minimum absolute atomic E-state index is 0.129. The summed E-state index contributed by atoms with van der Waals surface area (Å²) in [5.74, 6) is 1.14. The molecule has 0 aliphatic carbocycles. The first-order chi connectivity index (χ1) is 12.0. The van der Waals surface area contributed by atoms with Gasteiger partial charge in [-0.15, -0.1) is 0 Å². The fourth-order valence-corrected chi connectivity index (χ4v) is 3.63. The first kappa shape index (κ1) is 18.2. The molecule has 2 saturated heterocycles. The van der Waals surface area contributed by atoms with Crippen LogP contribution in [0, 0.1) is 0 Å². The number of aryl methyl sites for hydroxylation is 1. The van der Waals surface area contributed by atoms with Gasteiger partial charge in [0.25, 0.3) is 0 Å². The quantitative estimate of drug-likeness (QED) is 0.789. The zero-order valence-electron chi connectivity index (χ0n) is 15.8. The van der Waals surface area contributed by atoms with Crippen LogP contribution in [0.15, 0.2) is 24.3 Å². The van der Waals surface area contributed by atoms with Gasteiger partial charge in [-0.25, -0.2) is 0 Å². The number of likely N-dealkylation sites (tertiary alicyclic amines) is 2. The number of amides is 1. The molecule has 3 rings (SSSR count). The highest BCUT2D eigenvalue weighted by Gasteiger charge is 2.33. The van der Waals surface area contributed by atoms with Gasteiger partial charge in [0.15, 0.2) is 0 Å². The molecule has 2 aliphatic rings. The summed E-state index contributed by atoms with van der Waals surface area (Å²) in [7, 11) is 4.25. The molecule has 0 atom stereocenters. The lowest BCUT2D eigenvalue weighted by Crippen LogP contribution is -2.58. The van der Waals surface area contributed by atoms with E-state index in [-0.39, 0.29) is 12.0 Å². The summed E-state index contributed by atoms with van der Waals surface area (Å²) >= 11 is 0. The van der Waals surface area contributed by atoms with Crippen LogP contribution in [0.2, 0.25) is 0 Å². The number of ether oxygens (including phenoxy) is 1. The van der Waals surface area contributed by atoms with Gasteiger partial charge in [-0.2, -0.15) is 0 Å². The molecule has 2 heterocycles. The highest BCUT2D eigenvalue weighted by molar-refractivity contribution is 5.79. The summed E-state index contributed by atoms with van der Waals surface area (Å²) < 4.78 is 5.99. The molecule has 5 heteroatoms. The first-order valence-electron chi connectivity index (χ1n) is 9.47. The second-order valence-corrected chi connectivity index (χ2v) is 7.49. The Bertz CT molecular complexity index is 578. The minimum Gasteiger partial charge on any atom is -0.487 e. The third kappa shape index (κ3) is 4.73. The molecular formula is C20H31N3O2. The maximum atomic E-state index is 12.5. The molecule has 0 aromatic heterocycles. The number of hydrogen-bond acceptors (Lipinski definition) is 4. The normalized spacial score (nSPS) is 19.9. The van der Waals surface area contributed by atoms with E-state index < -0.39 is 0 Å². The van der Waals surface area contributed by atoms with Crippen LogP contribution in [0.1, 0.15) is 25.3 Å². The van der Waals surface area contributed by atoms with Crippen molar-refractivity contribution in [2.45, 2.75) is 38.3 Å². The summed E-state index contributed by atoms with van der Waals surface area (Å²) in [6, 6.07) is 8.77. The molecule has 2 aliphatic heterocycles. The number of likely N-dealkylation sites (N-methyl/N-ethyl adjacent to an activating group) is 1. The van der Waals surface area contributed by atoms with E-state index in [2.05, 4.69) is 43.0 Å². The lowest BCUT2D eigenvalue weighted by Gasteiger charge is -2.41. The topological polar surface area (TPSA) is 36.0 Å². The molecule has 0 saturated carbocycles. The van der Waals surface area contributed by atoms with Crippen molar-refractivity contribution in [2.24, 2.45) is 0 Å². The Balaban J connectivity index is 1.40. The van der Waals surface area contributed by atoms with Crippen molar-refractivity contribution in [1.29, 1.82) is 0 Å². The van der Waals surface area contributed by atoms with Crippen molar-refractivity contribution in [3.05, 3.63) is 29.8 Å². The van der Waals surface area contributed by atoms with E-state index in [1.54, 1.807) is 0 Å². The summed E-state index contributed by atoms with van der Waals surface area (Å²) in [6.45, 7) is 6.32. The number of rotatable bonds is 6. The molecule has 5 nitrogen and oxygen atoms in total. The molecule has 2 fully saturated rings. The SMILES string of the molecule is CCc1cccc(OC2CN(C(=O)CN(C)C3CCN(C)CC3)C2)c1. The monoisotopic (exact) mass is 345 g/mol. The first-order valence-corrected chi connectivity index (χ1v) is 9.47. The lowest BCUT2D eigenvalue weighted by molar-refractivity contribution is -0.141. The van der Waals surface area contributed by atoms with Crippen LogP contribution in [0.25, 0.3) is 0 Å². The molecule has 25 heavy (non-hydrogen) atoms. The summed E-state index contributed by atoms with van der Waals surface area (Å²) in [5.41, 5.74) is 1.28. The molecule has 0 bridgehead atoms. The van der Waals surface area contributed by atoms with Crippen LogP contribution in [-0.4, -0.2) is 79.6 Å². The standard InChI is InChI=1S/C20H31N3O2/c1-4-16-6-5-7-18(12-16)25-19-13-23(14-19)20(24)15-22(3)17-8-10-21(2)11-9-17/h5-7,12,17,19H,4,8-11,13-15H2,1-3H3. The Hall–Kier alpha value is -1.59. The van der Waals surface area contributed by atoms with Gasteiger partial charge in [0.2, 0.25) is 5.91 Å². The maximum absolute atomic E-state index is 12.5. The Morgan fingerprint density at radius 1 is 1.28 bits per heavy atom. The van der Waals surface area contributed by atoms with E-state index in [0.717, 1.165) is 38.1 Å². The minimum atomic E-state index is 0.129. The molecule has 138 valence electrons. The molecule has 0 radical (unpaired) electrons. The zero-order valence-corrected chi connectivity index (χ0v) is 15.8. The second-order valence-electron chi connectivity index (χ2n) is 7.49. The number of carbonyl (C=O) groups excluding carboxylic acids is 1. The van der Waals surface area contributed by atoms with E-state index in [4.69, 9.17) is 4.74 Å². The number of carbonyl (C=O) groups is 1. The van der Waals surface area contributed by atoms with Gasteiger partial charge in [-0.1, -0.05) is 19.1 Å². The van der Waals surface area contributed by atoms with Gasteiger partial charge in [0.1, 0.15) is 11.9 Å². The van der Waals surface area contributed by atoms with Crippen LogP contribution < -0.4 is 4.74 Å². The molecule has 1 aromatic rings. The largest absolute Gasteiger partial charge is 0.487 e. The number of hydrogen-bond donors (Lipinski definition) is 0. The van der Waals surface area contributed by atoms with E-state index in [0.29, 0.717) is 25.7 Å². The van der Waals surface area contributed by atoms with Crippen molar-refractivity contribution >= 4 is 5.91 Å². The van der Waals surface area contributed by atoms with Crippen molar-refractivity contribution in [3.8, 4) is 5.75 Å². The summed E-state index contributed by atoms with van der Waals surface area (Å²) in [4.78, 5) is 19.0. The molecule has 0 N–H and O–H groups in total. The van der Waals surface area contributed by atoms with Crippen LogP contribution in [-0.2, 0) is 11.2 Å². The molecule has 1 aromatic carbocycles. The van der Waals surface area contributed by atoms with E-state index >= 15 is 0 Å². The second kappa shape index (κ2) is 8.19. The molecular weight excluding hydrogens is 314 g/mol. The number of benzene rings is 1. The van der Waals surface area contributed by atoms with Gasteiger partial charge in [-0.3, -0.25) is 9.69 Å². The zero-order chi connectivity index (χ0) is 17.8. The molecule has 0 spiro atoms. The van der Waals surface area contributed by atoms with Crippen molar-refractivity contribution in [2.75, 3.05) is 46.8 Å². The predicted molar refractivity (Wildman–Crippen MR) is 100.0 cm³/mol. The molecule has 1 amide bonds. The van der Waals surface area contributed by atoms with Gasteiger partial charge in [0, 0.05) is 6.04 Å². The van der Waals surface area contributed by atoms with Crippen LogP contribution >= 0.6 is 0 Å². The summed E-state index contributed by atoms with van der Waals surface area (Å²) in [5, 5.41) is 0. The summed E-state index contributed by atoms with van der Waals surface area (Å²) in [6.07, 6.45) is 3.44.